The highest BCUT2D eigenvalue weighted by Gasteiger charge is 1.75. The molecule has 0 aliphatic rings. The zero-order valence-corrected chi connectivity index (χ0v) is 5.42. The van der Waals surface area contributed by atoms with Gasteiger partial charge in [-0.1, -0.05) is 19.1 Å². The zero-order valence-electron chi connectivity index (χ0n) is 4.61. The van der Waals surface area contributed by atoms with Crippen LogP contribution in [0.5, 0.6) is 0 Å². The fraction of sp³-hybridized carbons (Fsp3) is 0.800. The highest BCUT2D eigenvalue weighted by Crippen LogP contribution is 1.66. The van der Waals surface area contributed by atoms with Gasteiger partial charge in [-0.05, 0) is 24.9 Å². The van der Waals surface area contributed by atoms with E-state index in [1.807, 2.05) is 0 Å². The Morgan fingerprint density at radius 2 is 2.43 bits per heavy atom. The number of hydrogen-bond acceptors (Lipinski definition) is 2. The van der Waals surface area contributed by atoms with E-state index in [9.17, 15) is 0 Å². The summed E-state index contributed by atoms with van der Waals surface area (Å²) in [4.78, 5) is 0. The quantitative estimate of drug-likeness (QED) is 0.435. The Labute approximate surface area is 50.1 Å². The van der Waals surface area contributed by atoms with Gasteiger partial charge in [-0.2, -0.15) is 0 Å². The molecule has 0 amide bonds. The molecule has 0 radical (unpaired) electrons. The van der Waals surface area contributed by atoms with Crippen LogP contribution in [0.2, 0.25) is 0 Å². The Balaban J connectivity index is 2.56. The van der Waals surface area contributed by atoms with Crippen molar-refractivity contribution in [2.75, 3.05) is 13.1 Å². The fourth-order valence-electron chi connectivity index (χ4n) is 0.338. The zero-order chi connectivity index (χ0) is 5.54. The third-order valence-electron chi connectivity index (χ3n) is 0.689. The first-order valence-corrected chi connectivity index (χ1v) is 3.03. The van der Waals surface area contributed by atoms with Crippen molar-refractivity contribution in [1.82, 2.24) is 5.32 Å². The minimum atomic E-state index is 1.00. The summed E-state index contributed by atoms with van der Waals surface area (Å²) in [5.74, 6) is 0. The van der Waals surface area contributed by atoms with Gasteiger partial charge in [0.05, 0.1) is 0 Å². The molecular weight excluding hydrogens is 106 g/mol. The van der Waals surface area contributed by atoms with Gasteiger partial charge in [-0.3, -0.25) is 0 Å². The van der Waals surface area contributed by atoms with E-state index in [0.717, 1.165) is 19.5 Å². The van der Waals surface area contributed by atoms with Crippen molar-refractivity contribution in [2.45, 2.75) is 13.3 Å². The van der Waals surface area contributed by atoms with Crippen LogP contribution in [0.25, 0.3) is 0 Å². The summed E-state index contributed by atoms with van der Waals surface area (Å²) >= 11 is 4.60. The second-order valence-corrected chi connectivity index (χ2v) is 1.64. The van der Waals surface area contributed by atoms with Crippen molar-refractivity contribution in [3.05, 3.63) is 0 Å². The summed E-state index contributed by atoms with van der Waals surface area (Å²) in [5, 5.41) is 4.90. The first kappa shape index (κ1) is 7.05. The molecule has 0 aliphatic carbocycles. The fourth-order valence-corrected chi connectivity index (χ4v) is 0.456. The molecule has 0 rings (SSSR count). The molecule has 0 heterocycles. The molecule has 0 aliphatic heterocycles. The van der Waals surface area contributed by atoms with Crippen molar-refractivity contribution in [3.8, 4) is 0 Å². The Hall–Kier alpha value is 0.0500. The average molecular weight is 117 g/mol. The summed E-state index contributed by atoms with van der Waals surface area (Å²) in [6, 6.07) is 0. The van der Waals surface area contributed by atoms with E-state index >= 15 is 0 Å². The molecule has 2 heteroatoms. The molecule has 42 valence electrons. The van der Waals surface area contributed by atoms with Gasteiger partial charge in [0.2, 0.25) is 0 Å². The third-order valence-corrected chi connectivity index (χ3v) is 0.925. The lowest BCUT2D eigenvalue weighted by Crippen LogP contribution is -2.13. The summed E-state index contributed by atoms with van der Waals surface area (Å²) in [5.41, 5.74) is 0. The van der Waals surface area contributed by atoms with Crippen LogP contribution >= 0.6 is 12.2 Å². The van der Waals surface area contributed by atoms with Crippen LogP contribution in [0.4, 0.5) is 0 Å². The maximum absolute atomic E-state index is 4.60. The molecule has 0 fully saturated rings. The normalized spacial score (nSPS) is 8.71. The van der Waals surface area contributed by atoms with Crippen LogP contribution in [0, 0.1) is 0 Å². The van der Waals surface area contributed by atoms with Crippen LogP contribution in [0.15, 0.2) is 0 Å². The SMILES string of the molecule is CCNCCC=S. The molecule has 1 N–H and O–H groups in total. The van der Waals surface area contributed by atoms with Gasteiger partial charge in [0.1, 0.15) is 0 Å². The van der Waals surface area contributed by atoms with Crippen molar-refractivity contribution >= 4 is 17.6 Å². The first-order valence-electron chi connectivity index (χ1n) is 2.56. The van der Waals surface area contributed by atoms with Gasteiger partial charge < -0.3 is 5.32 Å². The van der Waals surface area contributed by atoms with Crippen molar-refractivity contribution in [2.24, 2.45) is 0 Å². The molecule has 0 bridgehead atoms. The first-order chi connectivity index (χ1) is 3.41. The van der Waals surface area contributed by atoms with E-state index in [1.165, 1.54) is 0 Å². The highest BCUT2D eigenvalue weighted by atomic mass is 32.1. The van der Waals surface area contributed by atoms with Crippen LogP contribution in [0.3, 0.4) is 0 Å². The van der Waals surface area contributed by atoms with Gasteiger partial charge in [0, 0.05) is 0 Å². The van der Waals surface area contributed by atoms with Crippen LogP contribution < -0.4 is 5.32 Å². The molecule has 0 unspecified atom stereocenters. The van der Waals surface area contributed by atoms with Gasteiger partial charge >= 0.3 is 0 Å². The molecule has 0 saturated heterocycles. The smallest absolute Gasteiger partial charge is 0.000620 e. The van der Waals surface area contributed by atoms with Crippen LogP contribution in [-0.4, -0.2) is 18.5 Å². The third kappa shape index (κ3) is 6.05. The predicted octanol–water partition coefficient (Wildman–Crippen LogP) is 0.986. The van der Waals surface area contributed by atoms with Gasteiger partial charge in [-0.25, -0.2) is 0 Å². The number of hydrogen-bond donors (Lipinski definition) is 1. The number of nitrogens with one attached hydrogen (secondary N) is 1. The summed E-state index contributed by atoms with van der Waals surface area (Å²) in [7, 11) is 0. The molecule has 0 aromatic carbocycles. The Morgan fingerprint density at radius 1 is 1.71 bits per heavy atom. The molecule has 0 aromatic rings. The predicted molar refractivity (Wildman–Crippen MR) is 36.8 cm³/mol. The lowest BCUT2D eigenvalue weighted by molar-refractivity contribution is 0.743. The summed E-state index contributed by atoms with van der Waals surface area (Å²) < 4.78 is 0. The molecule has 7 heavy (non-hydrogen) atoms. The van der Waals surface area contributed by atoms with Gasteiger partial charge in [-0.15, -0.1) is 0 Å². The molecule has 0 aromatic heterocycles. The standard InChI is InChI=1S/C5H11NS/c1-2-6-4-3-5-7/h5-6H,2-4H2,1H3. The van der Waals surface area contributed by atoms with Gasteiger partial charge in [0.25, 0.3) is 0 Å². The lowest BCUT2D eigenvalue weighted by Gasteiger charge is -1.92. The highest BCUT2D eigenvalue weighted by molar-refractivity contribution is 7.78. The van der Waals surface area contributed by atoms with Crippen LogP contribution in [-0.2, 0) is 0 Å². The monoisotopic (exact) mass is 117 g/mol. The average Bonchev–Trinajstić information content (AvgIpc) is 1.69. The Kier molecular flexibility index (Phi) is 6.09. The van der Waals surface area contributed by atoms with E-state index in [4.69, 9.17) is 0 Å². The lowest BCUT2D eigenvalue weighted by atomic mass is 10.5. The van der Waals surface area contributed by atoms with E-state index < -0.39 is 0 Å². The largest absolute Gasteiger partial charge is 0.317 e. The van der Waals surface area contributed by atoms with E-state index in [2.05, 4.69) is 24.5 Å². The molecule has 0 spiro atoms. The maximum Gasteiger partial charge on any atom is -0.000620 e. The van der Waals surface area contributed by atoms with Crippen molar-refractivity contribution < 1.29 is 0 Å². The summed E-state index contributed by atoms with van der Waals surface area (Å²) in [6.07, 6.45) is 1.00. The second-order valence-electron chi connectivity index (χ2n) is 1.31. The molecule has 0 atom stereocenters. The second kappa shape index (κ2) is 6.05. The molecule has 1 nitrogen and oxygen atoms in total. The van der Waals surface area contributed by atoms with E-state index in [0.29, 0.717) is 0 Å². The van der Waals surface area contributed by atoms with Crippen molar-refractivity contribution in [1.29, 1.82) is 0 Å². The topological polar surface area (TPSA) is 12.0 Å². The number of thiocarbonyl (C=S) groups is 1. The van der Waals surface area contributed by atoms with Crippen molar-refractivity contribution in [3.63, 3.8) is 0 Å². The molecule has 0 saturated carbocycles. The maximum atomic E-state index is 4.60. The van der Waals surface area contributed by atoms with Gasteiger partial charge in [0.15, 0.2) is 0 Å². The van der Waals surface area contributed by atoms with E-state index in [1.54, 1.807) is 5.37 Å². The van der Waals surface area contributed by atoms with E-state index in [-0.39, 0.29) is 0 Å². The number of rotatable bonds is 4. The minimum Gasteiger partial charge on any atom is -0.317 e. The molecular formula is C5H11NS. The Bertz CT molecular complexity index is 45.3. The van der Waals surface area contributed by atoms with Crippen LogP contribution in [0.1, 0.15) is 13.3 Å². The summed E-state index contributed by atoms with van der Waals surface area (Å²) in [6.45, 7) is 4.16. The Morgan fingerprint density at radius 3 is 2.86 bits per heavy atom. The minimum absolute atomic E-state index is 1.00.